The molecule has 8 nitrogen and oxygen atoms in total. The fourth-order valence-corrected chi connectivity index (χ4v) is 4.74. The summed E-state index contributed by atoms with van der Waals surface area (Å²) in [5.74, 6) is 0. The molecule has 2 atom stereocenters. The minimum atomic E-state index is -4.54. The van der Waals surface area contributed by atoms with Crippen LogP contribution in [0.5, 0.6) is 0 Å². The van der Waals surface area contributed by atoms with Gasteiger partial charge in [-0.25, -0.2) is 13.1 Å². The minimum Gasteiger partial charge on any atom is -0.297 e. The van der Waals surface area contributed by atoms with Crippen LogP contribution in [0, 0.1) is 10.1 Å². The van der Waals surface area contributed by atoms with Crippen molar-refractivity contribution in [3.63, 3.8) is 0 Å². The van der Waals surface area contributed by atoms with Gasteiger partial charge in [-0.1, -0.05) is 30.3 Å². The van der Waals surface area contributed by atoms with E-state index in [4.69, 9.17) is 4.84 Å². The van der Waals surface area contributed by atoms with E-state index >= 15 is 0 Å². The van der Waals surface area contributed by atoms with Gasteiger partial charge in [0.25, 0.3) is 5.69 Å². The van der Waals surface area contributed by atoms with Crippen molar-refractivity contribution in [3.8, 4) is 0 Å². The number of halogens is 3. The normalized spacial score (nSPS) is 20.4. The lowest BCUT2D eigenvalue weighted by Gasteiger charge is -2.23. The summed E-state index contributed by atoms with van der Waals surface area (Å²) in [6, 6.07) is 9.08. The van der Waals surface area contributed by atoms with Crippen molar-refractivity contribution in [3.05, 3.63) is 75.3 Å². The highest BCUT2D eigenvalue weighted by molar-refractivity contribution is 7.90. The molecule has 2 aromatic carbocycles. The van der Waals surface area contributed by atoms with Gasteiger partial charge in [-0.05, 0) is 17.2 Å². The van der Waals surface area contributed by atoms with Crippen LogP contribution in [0.2, 0.25) is 0 Å². The zero-order valence-corrected chi connectivity index (χ0v) is 16.5. The van der Waals surface area contributed by atoms with E-state index in [1.165, 1.54) is 42.4 Å². The third kappa shape index (κ3) is 4.78. The molecule has 0 spiro atoms. The summed E-state index contributed by atoms with van der Waals surface area (Å²) in [5, 5.41) is 11.2. The molecule has 3 rings (SSSR count). The molecule has 30 heavy (non-hydrogen) atoms. The van der Waals surface area contributed by atoms with Crippen LogP contribution >= 0.6 is 0 Å². The summed E-state index contributed by atoms with van der Waals surface area (Å²) in [4.78, 5) is 15.8. The number of sulfonamides is 1. The number of nitro benzene ring substituents is 1. The largest absolute Gasteiger partial charge is 0.416 e. The smallest absolute Gasteiger partial charge is 0.297 e. The Hall–Kier alpha value is -2.54. The standard InChI is InChI=1S/C18H18F3N3O5S/c1-23-17(13-5-3-7-15(9-13)24(25)26)16(11-29-23)30(27,28)22-10-12-4-2-6-14(8-12)18(19,20)21/h2-9,16-17,22H,10-11H2,1H3/t16-,17-/m0/s1. The Bertz CT molecular complexity index is 1050. The average Bonchev–Trinajstić information content (AvgIpc) is 3.08. The van der Waals surface area contributed by atoms with Gasteiger partial charge in [0, 0.05) is 25.7 Å². The van der Waals surface area contributed by atoms with E-state index in [2.05, 4.69) is 4.72 Å². The van der Waals surface area contributed by atoms with E-state index in [9.17, 15) is 31.7 Å². The van der Waals surface area contributed by atoms with Crippen LogP contribution in [0.3, 0.4) is 0 Å². The number of hydroxylamine groups is 2. The maximum absolute atomic E-state index is 12.9. The molecule has 1 heterocycles. The highest BCUT2D eigenvalue weighted by Crippen LogP contribution is 2.35. The number of non-ortho nitro benzene ring substituents is 1. The molecule has 0 unspecified atom stereocenters. The Balaban J connectivity index is 1.81. The maximum atomic E-state index is 12.9. The fraction of sp³-hybridized carbons (Fsp3) is 0.333. The number of hydrogen-bond acceptors (Lipinski definition) is 6. The van der Waals surface area contributed by atoms with Crippen molar-refractivity contribution in [2.75, 3.05) is 13.7 Å². The third-order valence-electron chi connectivity index (χ3n) is 4.74. The molecule has 0 bridgehead atoms. The highest BCUT2D eigenvalue weighted by atomic mass is 32.2. The second kappa shape index (κ2) is 8.30. The molecule has 0 amide bonds. The van der Waals surface area contributed by atoms with Crippen molar-refractivity contribution in [1.29, 1.82) is 0 Å². The summed E-state index contributed by atoms with van der Waals surface area (Å²) < 4.78 is 66.6. The van der Waals surface area contributed by atoms with Crippen LogP contribution in [0.1, 0.15) is 22.7 Å². The highest BCUT2D eigenvalue weighted by Gasteiger charge is 2.43. The lowest BCUT2D eigenvalue weighted by Crippen LogP contribution is -2.39. The maximum Gasteiger partial charge on any atom is 0.416 e. The summed E-state index contributed by atoms with van der Waals surface area (Å²) in [7, 11) is -2.53. The second-order valence-corrected chi connectivity index (χ2v) is 8.73. The van der Waals surface area contributed by atoms with Crippen LogP contribution in [0.15, 0.2) is 48.5 Å². The molecule has 0 aromatic heterocycles. The van der Waals surface area contributed by atoms with Gasteiger partial charge in [-0.15, -0.1) is 0 Å². The van der Waals surface area contributed by atoms with E-state index in [1.54, 1.807) is 6.07 Å². The topological polar surface area (TPSA) is 102 Å². The van der Waals surface area contributed by atoms with Crippen LogP contribution in [0.4, 0.5) is 18.9 Å². The van der Waals surface area contributed by atoms with Crippen molar-refractivity contribution >= 4 is 15.7 Å². The first-order valence-corrected chi connectivity index (χ1v) is 10.3. The predicted octanol–water partition coefficient (Wildman–Crippen LogP) is 3.02. The molecule has 1 saturated heterocycles. The Morgan fingerprint density at radius 2 is 1.93 bits per heavy atom. The molecular weight excluding hydrogens is 427 g/mol. The molecule has 0 aliphatic carbocycles. The van der Waals surface area contributed by atoms with Crippen LogP contribution in [-0.4, -0.2) is 37.3 Å². The van der Waals surface area contributed by atoms with Crippen LogP contribution in [0.25, 0.3) is 0 Å². The number of alkyl halides is 3. The van der Waals surface area contributed by atoms with Gasteiger partial charge in [0.05, 0.1) is 23.1 Å². The van der Waals surface area contributed by atoms with E-state index in [1.807, 2.05) is 0 Å². The van der Waals surface area contributed by atoms with E-state index in [0.29, 0.717) is 5.56 Å². The third-order valence-corrected chi connectivity index (χ3v) is 6.48. The monoisotopic (exact) mass is 445 g/mol. The van der Waals surface area contributed by atoms with Crippen molar-refractivity contribution < 1.29 is 31.3 Å². The molecule has 12 heteroatoms. The van der Waals surface area contributed by atoms with Crippen LogP contribution < -0.4 is 4.72 Å². The summed E-state index contributed by atoms with van der Waals surface area (Å²) in [6.07, 6.45) is -4.54. The number of hydrogen-bond donors (Lipinski definition) is 1. The molecule has 0 saturated carbocycles. The van der Waals surface area contributed by atoms with Crippen molar-refractivity contribution in [2.45, 2.75) is 24.0 Å². The lowest BCUT2D eigenvalue weighted by molar-refractivity contribution is -0.385. The fourth-order valence-electron chi connectivity index (χ4n) is 3.25. The summed E-state index contributed by atoms with van der Waals surface area (Å²) in [5.41, 5.74) is -0.551. The van der Waals surface area contributed by atoms with Gasteiger partial charge in [-0.3, -0.25) is 15.0 Å². The zero-order valence-electron chi connectivity index (χ0n) is 15.7. The van der Waals surface area contributed by atoms with E-state index < -0.39 is 38.0 Å². The van der Waals surface area contributed by atoms with Gasteiger partial charge in [0.15, 0.2) is 0 Å². The number of nitrogens with zero attached hydrogens (tertiary/aromatic N) is 2. The molecule has 0 radical (unpaired) electrons. The number of nitro groups is 1. The Labute approximate surface area is 170 Å². The van der Waals surface area contributed by atoms with E-state index in [0.717, 1.165) is 12.1 Å². The van der Waals surface area contributed by atoms with Crippen LogP contribution in [-0.2, 0) is 27.6 Å². The van der Waals surface area contributed by atoms with Crippen molar-refractivity contribution in [2.24, 2.45) is 0 Å². The molecule has 1 N–H and O–H groups in total. The molecular formula is C18H18F3N3O5S. The number of nitrogens with one attached hydrogen (secondary N) is 1. The van der Waals surface area contributed by atoms with Gasteiger partial charge in [0.1, 0.15) is 5.25 Å². The van der Waals surface area contributed by atoms with Gasteiger partial charge in [0.2, 0.25) is 10.0 Å². The molecule has 1 aliphatic rings. The second-order valence-electron chi connectivity index (χ2n) is 6.74. The number of rotatable bonds is 6. The van der Waals surface area contributed by atoms with Gasteiger partial charge >= 0.3 is 6.18 Å². The van der Waals surface area contributed by atoms with Crippen molar-refractivity contribution in [1.82, 2.24) is 9.79 Å². The molecule has 2 aromatic rings. The first-order valence-electron chi connectivity index (χ1n) is 8.74. The average molecular weight is 445 g/mol. The predicted molar refractivity (Wildman–Crippen MR) is 101 cm³/mol. The van der Waals surface area contributed by atoms with Gasteiger partial charge in [-0.2, -0.15) is 18.2 Å². The Morgan fingerprint density at radius 1 is 1.23 bits per heavy atom. The van der Waals surface area contributed by atoms with Gasteiger partial charge < -0.3 is 0 Å². The Morgan fingerprint density at radius 3 is 2.60 bits per heavy atom. The first kappa shape index (κ1) is 22.2. The Kier molecular flexibility index (Phi) is 6.13. The minimum absolute atomic E-state index is 0.146. The summed E-state index contributed by atoms with van der Waals surface area (Å²) >= 11 is 0. The zero-order chi connectivity index (χ0) is 22.1. The summed E-state index contributed by atoms with van der Waals surface area (Å²) in [6.45, 7) is -0.546. The molecule has 162 valence electrons. The SMILES string of the molecule is CN1OC[C@H](S(=O)(=O)NCc2cccc(C(F)(F)F)c2)[C@@H]1c1cccc([N+](=O)[O-])c1. The quantitative estimate of drug-likeness (QED) is 0.542. The van der Waals surface area contributed by atoms with E-state index in [-0.39, 0.29) is 24.4 Å². The molecule has 1 fully saturated rings. The molecule has 1 aliphatic heterocycles. The first-order chi connectivity index (χ1) is 14.0. The lowest BCUT2D eigenvalue weighted by atomic mass is 10.0. The number of benzene rings is 2.